The number of amides is 2. The molecule has 2 N–H and O–H groups in total. The summed E-state index contributed by atoms with van der Waals surface area (Å²) >= 11 is 0. The van der Waals surface area contributed by atoms with Crippen LogP contribution in [-0.2, 0) is 0 Å². The number of piperidine rings is 2. The first-order chi connectivity index (χ1) is 7.09. The molecule has 0 aromatic rings. The maximum Gasteiger partial charge on any atom is 0.319 e. The van der Waals surface area contributed by atoms with Crippen LogP contribution >= 0.6 is 0 Å². The molecule has 2 saturated heterocycles. The number of fused-ring (bicyclic) bond motifs is 3. The lowest BCUT2D eigenvalue weighted by Gasteiger charge is -2.54. The van der Waals surface area contributed by atoms with Crippen LogP contribution in [0.3, 0.4) is 0 Å². The van der Waals surface area contributed by atoms with E-state index in [9.17, 15) is 4.79 Å². The van der Waals surface area contributed by atoms with Gasteiger partial charge in [-0.2, -0.15) is 0 Å². The molecular formula is C11H21N3O. The Labute approximate surface area is 91.4 Å². The van der Waals surface area contributed by atoms with Gasteiger partial charge in [-0.1, -0.05) is 0 Å². The zero-order chi connectivity index (χ0) is 11.1. The Morgan fingerprint density at radius 2 is 2.07 bits per heavy atom. The molecule has 3 aliphatic rings. The quantitative estimate of drug-likeness (QED) is 0.699. The first kappa shape index (κ1) is 10.7. The van der Waals surface area contributed by atoms with E-state index in [1.807, 2.05) is 19.0 Å². The highest BCUT2D eigenvalue weighted by atomic mass is 16.2. The molecule has 1 saturated carbocycles. The monoisotopic (exact) mass is 211 g/mol. The summed E-state index contributed by atoms with van der Waals surface area (Å²) in [6.07, 6.45) is 4.67. The van der Waals surface area contributed by atoms with Crippen molar-refractivity contribution in [2.75, 3.05) is 27.2 Å². The molecule has 2 amide bonds. The summed E-state index contributed by atoms with van der Waals surface area (Å²) in [5, 5.41) is 0. The van der Waals surface area contributed by atoms with Crippen molar-refractivity contribution in [3.63, 3.8) is 0 Å². The van der Waals surface area contributed by atoms with E-state index in [1.165, 1.54) is 12.8 Å². The van der Waals surface area contributed by atoms with E-state index >= 15 is 0 Å². The molecular weight excluding hydrogens is 190 g/mol. The SMILES string of the molecule is CN(C)C(=O)N1CC2CCC1(CN)CC2. The molecule has 0 unspecified atom stereocenters. The summed E-state index contributed by atoms with van der Waals surface area (Å²) in [5.41, 5.74) is 5.86. The Morgan fingerprint density at radius 3 is 2.53 bits per heavy atom. The number of rotatable bonds is 1. The molecule has 3 fully saturated rings. The van der Waals surface area contributed by atoms with Crippen molar-refractivity contribution in [1.82, 2.24) is 9.80 Å². The zero-order valence-electron chi connectivity index (χ0n) is 9.70. The molecule has 86 valence electrons. The van der Waals surface area contributed by atoms with Crippen LogP contribution in [0.5, 0.6) is 0 Å². The number of hydrogen-bond acceptors (Lipinski definition) is 2. The number of carbonyl (C=O) groups is 1. The van der Waals surface area contributed by atoms with Crippen molar-refractivity contribution in [3.05, 3.63) is 0 Å². The molecule has 0 atom stereocenters. The van der Waals surface area contributed by atoms with Gasteiger partial charge in [0.25, 0.3) is 0 Å². The van der Waals surface area contributed by atoms with Crippen LogP contribution in [-0.4, -0.2) is 48.6 Å². The predicted octanol–water partition coefficient (Wildman–Crippen LogP) is 0.871. The summed E-state index contributed by atoms with van der Waals surface area (Å²) in [7, 11) is 3.63. The van der Waals surface area contributed by atoms with Crippen LogP contribution in [0.2, 0.25) is 0 Å². The molecule has 4 nitrogen and oxygen atoms in total. The first-order valence-electron chi connectivity index (χ1n) is 5.78. The fourth-order valence-electron chi connectivity index (χ4n) is 2.96. The van der Waals surface area contributed by atoms with Crippen molar-refractivity contribution >= 4 is 6.03 Å². The van der Waals surface area contributed by atoms with Gasteiger partial charge in [0.05, 0.1) is 5.54 Å². The van der Waals surface area contributed by atoms with E-state index in [0.29, 0.717) is 12.5 Å². The lowest BCUT2D eigenvalue weighted by Crippen LogP contribution is -2.65. The minimum atomic E-state index is -0.0316. The van der Waals surface area contributed by atoms with Crippen LogP contribution in [0.25, 0.3) is 0 Å². The number of nitrogens with zero attached hydrogens (tertiary/aromatic N) is 2. The average molecular weight is 211 g/mol. The normalized spacial score (nSPS) is 34.3. The van der Waals surface area contributed by atoms with E-state index in [-0.39, 0.29) is 11.6 Å². The third-order valence-electron chi connectivity index (χ3n) is 4.04. The van der Waals surface area contributed by atoms with E-state index in [4.69, 9.17) is 5.73 Å². The van der Waals surface area contributed by atoms with Gasteiger partial charge < -0.3 is 15.5 Å². The molecule has 2 aliphatic heterocycles. The molecule has 0 spiro atoms. The maximum atomic E-state index is 12.0. The van der Waals surface area contributed by atoms with E-state index in [1.54, 1.807) is 4.90 Å². The molecule has 4 heteroatoms. The smallest absolute Gasteiger partial charge is 0.319 e. The fourth-order valence-corrected chi connectivity index (χ4v) is 2.96. The number of hydrogen-bond donors (Lipinski definition) is 1. The Balaban J connectivity index is 2.20. The Morgan fingerprint density at radius 1 is 1.47 bits per heavy atom. The van der Waals surface area contributed by atoms with Crippen molar-refractivity contribution in [2.45, 2.75) is 31.2 Å². The van der Waals surface area contributed by atoms with Crippen molar-refractivity contribution in [2.24, 2.45) is 11.7 Å². The summed E-state index contributed by atoms with van der Waals surface area (Å²) in [6, 6.07) is 0.129. The second-order valence-corrected chi connectivity index (χ2v) is 5.16. The van der Waals surface area contributed by atoms with Gasteiger partial charge in [0, 0.05) is 27.2 Å². The molecule has 0 aromatic carbocycles. The van der Waals surface area contributed by atoms with Crippen molar-refractivity contribution < 1.29 is 4.79 Å². The first-order valence-corrected chi connectivity index (χ1v) is 5.78. The Bertz CT molecular complexity index is 257. The van der Waals surface area contributed by atoms with Gasteiger partial charge in [0.2, 0.25) is 0 Å². The van der Waals surface area contributed by atoms with Crippen molar-refractivity contribution in [1.29, 1.82) is 0 Å². The highest BCUT2D eigenvalue weighted by Crippen LogP contribution is 2.42. The second kappa shape index (κ2) is 3.67. The van der Waals surface area contributed by atoms with E-state index in [2.05, 4.69) is 0 Å². The maximum absolute atomic E-state index is 12.0. The standard InChI is InChI=1S/C11H21N3O/c1-13(2)10(15)14-7-9-3-5-11(14,8-12)6-4-9/h9H,3-8,12H2,1-2H3. The van der Waals surface area contributed by atoms with Crippen LogP contribution in [0.4, 0.5) is 4.79 Å². The highest BCUT2D eigenvalue weighted by molar-refractivity contribution is 5.75. The number of urea groups is 1. The van der Waals surface area contributed by atoms with E-state index in [0.717, 1.165) is 19.4 Å². The molecule has 0 aromatic heterocycles. The van der Waals surface area contributed by atoms with Crippen LogP contribution in [0, 0.1) is 5.92 Å². The van der Waals surface area contributed by atoms with Crippen LogP contribution < -0.4 is 5.73 Å². The molecule has 1 aliphatic carbocycles. The van der Waals surface area contributed by atoms with Gasteiger partial charge in [-0.25, -0.2) is 4.79 Å². The highest BCUT2D eigenvalue weighted by Gasteiger charge is 2.47. The summed E-state index contributed by atoms with van der Waals surface area (Å²) in [4.78, 5) is 15.7. The van der Waals surface area contributed by atoms with Gasteiger partial charge >= 0.3 is 6.03 Å². The van der Waals surface area contributed by atoms with Gasteiger partial charge in [0.1, 0.15) is 0 Å². The Kier molecular flexibility index (Phi) is 2.63. The average Bonchev–Trinajstić information content (AvgIpc) is 2.29. The number of nitrogens with two attached hydrogens (primary N) is 1. The number of carbonyl (C=O) groups excluding carboxylic acids is 1. The van der Waals surface area contributed by atoms with Crippen LogP contribution in [0.15, 0.2) is 0 Å². The van der Waals surface area contributed by atoms with Crippen molar-refractivity contribution in [3.8, 4) is 0 Å². The summed E-state index contributed by atoms with van der Waals surface area (Å²) in [5.74, 6) is 0.710. The third-order valence-corrected chi connectivity index (χ3v) is 4.04. The minimum Gasteiger partial charge on any atom is -0.331 e. The fraction of sp³-hybridized carbons (Fsp3) is 0.909. The minimum absolute atomic E-state index is 0.0316. The predicted molar refractivity (Wildman–Crippen MR) is 59.5 cm³/mol. The molecule has 2 bridgehead atoms. The summed E-state index contributed by atoms with van der Waals surface area (Å²) in [6.45, 7) is 1.52. The third kappa shape index (κ3) is 1.61. The molecule has 15 heavy (non-hydrogen) atoms. The zero-order valence-corrected chi connectivity index (χ0v) is 9.70. The van der Waals surface area contributed by atoms with Gasteiger partial charge in [0.15, 0.2) is 0 Å². The Hall–Kier alpha value is -0.770. The van der Waals surface area contributed by atoms with Gasteiger partial charge in [-0.3, -0.25) is 0 Å². The summed E-state index contributed by atoms with van der Waals surface area (Å²) < 4.78 is 0. The van der Waals surface area contributed by atoms with Crippen LogP contribution in [0.1, 0.15) is 25.7 Å². The second-order valence-electron chi connectivity index (χ2n) is 5.16. The van der Waals surface area contributed by atoms with Gasteiger partial charge in [-0.15, -0.1) is 0 Å². The van der Waals surface area contributed by atoms with E-state index < -0.39 is 0 Å². The lowest BCUT2D eigenvalue weighted by atomic mass is 9.70. The molecule has 0 radical (unpaired) electrons. The van der Waals surface area contributed by atoms with Gasteiger partial charge in [-0.05, 0) is 31.6 Å². The lowest BCUT2D eigenvalue weighted by molar-refractivity contribution is -0.00564. The largest absolute Gasteiger partial charge is 0.331 e. The molecule has 2 heterocycles. The molecule has 3 rings (SSSR count). The topological polar surface area (TPSA) is 49.6 Å².